The van der Waals surface area contributed by atoms with Gasteiger partial charge in [-0.3, -0.25) is 9.59 Å². The number of benzene rings is 1. The summed E-state index contributed by atoms with van der Waals surface area (Å²) in [6.07, 6.45) is 4.20. The fraction of sp³-hybridized carbons (Fsp3) is 0.524. The first-order chi connectivity index (χ1) is 13.5. The molecule has 0 unspecified atom stereocenters. The SMILES string of the molecule is CC(C)Cn1nc(C(=O)OCC(=O)N2CCCCCC2)c2ccccc2c1=O. The lowest BCUT2D eigenvalue weighted by Crippen LogP contribution is -2.35. The van der Waals surface area contributed by atoms with Crippen molar-refractivity contribution in [1.29, 1.82) is 0 Å². The fourth-order valence-electron chi connectivity index (χ4n) is 3.46. The number of fused-ring (bicyclic) bond motifs is 1. The second-order valence-electron chi connectivity index (χ2n) is 7.65. The number of nitrogens with zero attached hydrogens (tertiary/aromatic N) is 3. The van der Waals surface area contributed by atoms with Crippen LogP contribution in [0.3, 0.4) is 0 Å². The lowest BCUT2D eigenvalue weighted by Gasteiger charge is -2.20. The smallest absolute Gasteiger partial charge is 0.359 e. The van der Waals surface area contributed by atoms with Gasteiger partial charge in [-0.25, -0.2) is 9.48 Å². The molecule has 2 heterocycles. The van der Waals surface area contributed by atoms with E-state index in [1.807, 2.05) is 13.8 Å². The van der Waals surface area contributed by atoms with Crippen molar-refractivity contribution < 1.29 is 14.3 Å². The van der Waals surface area contributed by atoms with Crippen LogP contribution in [0.5, 0.6) is 0 Å². The molecule has 1 amide bonds. The summed E-state index contributed by atoms with van der Waals surface area (Å²) >= 11 is 0. The van der Waals surface area contributed by atoms with Crippen molar-refractivity contribution in [3.8, 4) is 0 Å². The van der Waals surface area contributed by atoms with Gasteiger partial charge in [0.2, 0.25) is 0 Å². The van der Waals surface area contributed by atoms with E-state index in [-0.39, 0.29) is 29.7 Å². The van der Waals surface area contributed by atoms with Gasteiger partial charge in [0.15, 0.2) is 12.3 Å². The zero-order valence-corrected chi connectivity index (χ0v) is 16.5. The zero-order valence-electron chi connectivity index (χ0n) is 16.5. The molecule has 0 radical (unpaired) electrons. The molecule has 1 saturated heterocycles. The summed E-state index contributed by atoms with van der Waals surface area (Å²) < 4.78 is 6.59. The third-order valence-corrected chi connectivity index (χ3v) is 4.88. The van der Waals surface area contributed by atoms with Crippen molar-refractivity contribution in [2.24, 2.45) is 5.92 Å². The molecular formula is C21H27N3O4. The van der Waals surface area contributed by atoms with Crippen LogP contribution in [0.25, 0.3) is 10.8 Å². The van der Waals surface area contributed by atoms with Gasteiger partial charge < -0.3 is 9.64 Å². The summed E-state index contributed by atoms with van der Waals surface area (Å²) in [5, 5.41) is 5.12. The highest BCUT2D eigenvalue weighted by molar-refractivity contribution is 6.02. The average molecular weight is 385 g/mol. The number of likely N-dealkylation sites (tertiary alicyclic amines) is 1. The Morgan fingerprint density at radius 3 is 2.36 bits per heavy atom. The summed E-state index contributed by atoms with van der Waals surface area (Å²) in [5.41, 5.74) is -0.166. The largest absolute Gasteiger partial charge is 0.451 e. The summed E-state index contributed by atoms with van der Waals surface area (Å²) in [5.74, 6) is -0.674. The Labute approximate surface area is 164 Å². The number of ether oxygens (including phenoxy) is 1. The molecule has 0 N–H and O–H groups in total. The summed E-state index contributed by atoms with van der Waals surface area (Å²) in [7, 11) is 0. The van der Waals surface area contributed by atoms with Gasteiger partial charge in [0.25, 0.3) is 11.5 Å². The number of aromatic nitrogens is 2. The number of amides is 1. The highest BCUT2D eigenvalue weighted by atomic mass is 16.5. The van der Waals surface area contributed by atoms with Crippen LogP contribution in [0.4, 0.5) is 0 Å². The van der Waals surface area contributed by atoms with Crippen LogP contribution < -0.4 is 5.56 Å². The minimum atomic E-state index is -0.683. The Kier molecular flexibility index (Phi) is 6.44. The van der Waals surface area contributed by atoms with Crippen LogP contribution in [0.1, 0.15) is 50.0 Å². The number of hydrogen-bond acceptors (Lipinski definition) is 5. The predicted octanol–water partition coefficient (Wildman–Crippen LogP) is 2.61. The molecule has 28 heavy (non-hydrogen) atoms. The van der Waals surface area contributed by atoms with E-state index in [0.717, 1.165) is 25.7 Å². The lowest BCUT2D eigenvalue weighted by atomic mass is 10.1. The molecule has 2 aromatic rings. The first kappa shape index (κ1) is 20.0. The highest BCUT2D eigenvalue weighted by Crippen LogP contribution is 2.15. The van der Waals surface area contributed by atoms with Gasteiger partial charge in [-0.05, 0) is 24.8 Å². The molecule has 1 aliphatic heterocycles. The first-order valence-electron chi connectivity index (χ1n) is 9.92. The summed E-state index contributed by atoms with van der Waals surface area (Å²) in [6, 6.07) is 6.85. The number of esters is 1. The van der Waals surface area contributed by atoms with E-state index in [4.69, 9.17) is 4.74 Å². The standard InChI is InChI=1S/C21H27N3O4/c1-15(2)13-24-20(26)17-10-6-5-9-16(17)19(22-24)21(27)28-14-18(25)23-11-7-3-4-8-12-23/h5-6,9-10,15H,3-4,7-8,11-14H2,1-2H3. The Morgan fingerprint density at radius 2 is 1.71 bits per heavy atom. The van der Waals surface area contributed by atoms with Gasteiger partial charge >= 0.3 is 5.97 Å². The van der Waals surface area contributed by atoms with Crippen molar-refractivity contribution in [2.75, 3.05) is 19.7 Å². The van der Waals surface area contributed by atoms with Gasteiger partial charge in [-0.1, -0.05) is 44.9 Å². The maximum Gasteiger partial charge on any atom is 0.359 e. The van der Waals surface area contributed by atoms with Gasteiger partial charge in [0.1, 0.15) is 0 Å². The molecule has 1 aliphatic rings. The maximum atomic E-state index is 12.7. The molecule has 7 nitrogen and oxygen atoms in total. The quantitative estimate of drug-likeness (QED) is 0.739. The molecule has 0 aliphatic carbocycles. The van der Waals surface area contributed by atoms with Crippen LogP contribution in [0.15, 0.2) is 29.1 Å². The average Bonchev–Trinajstić information content (AvgIpc) is 2.97. The zero-order chi connectivity index (χ0) is 20.1. The number of carbonyl (C=O) groups is 2. The minimum absolute atomic E-state index is 0.0690. The van der Waals surface area contributed by atoms with Gasteiger partial charge in [-0.15, -0.1) is 0 Å². The van der Waals surface area contributed by atoms with E-state index in [2.05, 4.69) is 5.10 Å². The van der Waals surface area contributed by atoms with Crippen molar-refractivity contribution in [3.05, 3.63) is 40.3 Å². The van der Waals surface area contributed by atoms with E-state index in [0.29, 0.717) is 30.4 Å². The molecule has 1 aromatic carbocycles. The molecule has 0 saturated carbocycles. The van der Waals surface area contributed by atoms with Crippen LogP contribution in [-0.2, 0) is 16.1 Å². The summed E-state index contributed by atoms with van der Waals surface area (Å²) in [6.45, 7) is 5.45. The van der Waals surface area contributed by atoms with Crippen LogP contribution in [0.2, 0.25) is 0 Å². The number of rotatable bonds is 5. The topological polar surface area (TPSA) is 81.5 Å². The second-order valence-corrected chi connectivity index (χ2v) is 7.65. The Hall–Kier alpha value is -2.70. The van der Waals surface area contributed by atoms with Crippen LogP contribution in [0, 0.1) is 5.92 Å². The normalized spacial score (nSPS) is 14.9. The monoisotopic (exact) mass is 385 g/mol. The van der Waals surface area contributed by atoms with Gasteiger partial charge in [0.05, 0.1) is 5.39 Å². The third-order valence-electron chi connectivity index (χ3n) is 4.88. The predicted molar refractivity (Wildman–Crippen MR) is 106 cm³/mol. The van der Waals surface area contributed by atoms with Crippen molar-refractivity contribution in [1.82, 2.24) is 14.7 Å². The van der Waals surface area contributed by atoms with Crippen molar-refractivity contribution >= 4 is 22.6 Å². The van der Waals surface area contributed by atoms with Crippen LogP contribution in [-0.4, -0.2) is 46.3 Å². The van der Waals surface area contributed by atoms with E-state index >= 15 is 0 Å². The number of hydrogen-bond donors (Lipinski definition) is 0. The molecule has 3 rings (SSSR count). The van der Waals surface area contributed by atoms with Crippen LogP contribution >= 0.6 is 0 Å². The van der Waals surface area contributed by atoms with Crippen molar-refractivity contribution in [3.63, 3.8) is 0 Å². The fourth-order valence-corrected chi connectivity index (χ4v) is 3.46. The highest BCUT2D eigenvalue weighted by Gasteiger charge is 2.21. The summed E-state index contributed by atoms with van der Waals surface area (Å²) in [4.78, 5) is 39.5. The van der Waals surface area contributed by atoms with E-state index in [1.54, 1.807) is 29.2 Å². The molecule has 1 aromatic heterocycles. The van der Waals surface area contributed by atoms with E-state index < -0.39 is 5.97 Å². The Balaban J connectivity index is 1.81. The third kappa shape index (κ3) is 4.58. The first-order valence-corrected chi connectivity index (χ1v) is 9.92. The molecule has 1 fully saturated rings. The minimum Gasteiger partial charge on any atom is -0.451 e. The Bertz CT molecular complexity index is 911. The molecule has 7 heteroatoms. The molecular weight excluding hydrogens is 358 g/mol. The van der Waals surface area contributed by atoms with Crippen molar-refractivity contribution in [2.45, 2.75) is 46.1 Å². The molecule has 0 bridgehead atoms. The second kappa shape index (κ2) is 8.99. The number of carbonyl (C=O) groups excluding carboxylic acids is 2. The molecule has 0 atom stereocenters. The van der Waals surface area contributed by atoms with Gasteiger partial charge in [-0.2, -0.15) is 5.10 Å². The van der Waals surface area contributed by atoms with Gasteiger partial charge in [0, 0.05) is 25.0 Å². The Morgan fingerprint density at radius 1 is 1.07 bits per heavy atom. The maximum absolute atomic E-state index is 12.7. The van der Waals surface area contributed by atoms with E-state index in [1.165, 1.54) is 4.68 Å². The van der Waals surface area contributed by atoms with E-state index in [9.17, 15) is 14.4 Å². The lowest BCUT2D eigenvalue weighted by molar-refractivity contribution is -0.134. The molecule has 0 spiro atoms. The molecule has 150 valence electrons.